The normalized spacial score (nSPS) is 37.7. The van der Waals surface area contributed by atoms with Crippen molar-refractivity contribution >= 4 is 35.2 Å². The minimum absolute atomic E-state index is 0.0217. The van der Waals surface area contributed by atoms with Crippen LogP contribution in [0.5, 0.6) is 0 Å². The lowest BCUT2D eigenvalue weighted by Crippen LogP contribution is -2.72. The zero-order chi connectivity index (χ0) is 53.7. The molecular weight excluding hydrogens is 950 g/mol. The third kappa shape index (κ3) is 18.4. The largest absolute Gasteiger partial charge is 0.462 e. The smallest absolute Gasteiger partial charge is 0.308 e. The highest BCUT2D eigenvalue weighted by Gasteiger charge is 2.60. The van der Waals surface area contributed by atoms with Gasteiger partial charge in [-0.1, -0.05) is 81.4 Å². The lowest BCUT2D eigenvalue weighted by Gasteiger charge is -2.50. The summed E-state index contributed by atoms with van der Waals surface area (Å²) >= 11 is 6.23. The molecule has 0 spiro atoms. The zero-order valence-electron chi connectivity index (χ0n) is 44.2. The molecule has 6 N–H and O–H groups in total. The fourth-order valence-electron chi connectivity index (χ4n) is 9.85. The summed E-state index contributed by atoms with van der Waals surface area (Å²) in [5, 5.41) is 59.5. The summed E-state index contributed by atoms with van der Waals surface area (Å²) in [5.74, 6) is -3.27. The van der Waals surface area contributed by atoms with Crippen molar-refractivity contribution in [2.75, 3.05) is 12.5 Å². The van der Waals surface area contributed by atoms with Gasteiger partial charge in [-0.15, -0.1) is 11.6 Å². The van der Waals surface area contributed by atoms with Crippen LogP contribution in [0, 0.1) is 23.7 Å². The predicted molar refractivity (Wildman–Crippen MR) is 272 cm³/mol. The summed E-state index contributed by atoms with van der Waals surface area (Å²) in [6, 6.07) is -0.126. The molecule has 72 heavy (non-hydrogen) atoms. The van der Waals surface area contributed by atoms with E-state index in [0.717, 1.165) is 30.9 Å². The summed E-state index contributed by atoms with van der Waals surface area (Å²) in [7, 11) is 0. The van der Waals surface area contributed by atoms with Crippen molar-refractivity contribution < 1.29 is 73.1 Å². The van der Waals surface area contributed by atoms with Crippen molar-refractivity contribution in [3.8, 4) is 0 Å². The van der Waals surface area contributed by atoms with E-state index in [2.05, 4.69) is 25.2 Å². The Bertz CT molecular complexity index is 2010. The number of hydrogen-bond acceptors (Lipinski definition) is 15. The van der Waals surface area contributed by atoms with Crippen molar-refractivity contribution in [1.29, 1.82) is 0 Å². The molecule has 4 aliphatic heterocycles. The molecule has 0 radical (unpaired) electrons. The quantitative estimate of drug-likeness (QED) is 0.0326. The average Bonchev–Trinajstić information content (AvgIpc) is 3.30. The Hall–Kier alpha value is -3.55. The average molecular weight is 1030 g/mol. The number of aliphatic hydroxyl groups is 5. The van der Waals surface area contributed by atoms with E-state index < -0.39 is 72.2 Å². The first-order valence-electron chi connectivity index (χ1n) is 25.6. The van der Waals surface area contributed by atoms with Crippen LogP contribution in [-0.4, -0.2) is 146 Å². The molecule has 8 unspecified atom stereocenters. The van der Waals surface area contributed by atoms with Gasteiger partial charge in [0.1, 0.15) is 31.0 Å². The molecule has 406 valence electrons. The van der Waals surface area contributed by atoms with E-state index >= 15 is 0 Å². The first-order chi connectivity index (χ1) is 33.6. The van der Waals surface area contributed by atoms with E-state index in [-0.39, 0.29) is 91.0 Å². The number of rotatable bonds is 21. The molecule has 16 nitrogen and oxygen atoms in total. The predicted octanol–water partition coefficient (Wildman–Crippen LogP) is 6.19. The van der Waals surface area contributed by atoms with Crippen molar-refractivity contribution in [2.24, 2.45) is 23.7 Å². The van der Waals surface area contributed by atoms with Gasteiger partial charge >= 0.3 is 11.9 Å². The van der Waals surface area contributed by atoms with E-state index in [0.29, 0.717) is 19.3 Å². The second-order valence-corrected chi connectivity index (χ2v) is 21.8. The number of carbonyl (C=O) groups excluding carboxylic acids is 4. The van der Waals surface area contributed by atoms with Crippen molar-refractivity contribution in [2.45, 2.75) is 212 Å². The minimum Gasteiger partial charge on any atom is -0.462 e. The van der Waals surface area contributed by atoms with Crippen molar-refractivity contribution in [3.63, 3.8) is 0 Å². The number of aliphatic hydroxyl groups excluding tert-OH is 2. The van der Waals surface area contributed by atoms with Gasteiger partial charge in [0.2, 0.25) is 5.91 Å². The first kappa shape index (κ1) is 61.0. The molecule has 1 amide bonds. The summed E-state index contributed by atoms with van der Waals surface area (Å²) in [6.45, 7) is 19.1. The fraction of sp³-hybridized carbons (Fsp3) is 0.709. The molecule has 0 aromatic rings. The SMILES string of the molecule is CC(=O)O[C@@H](C)/C=C\C(=O)C[C@@H]1C[C@H](C)[C@H](C/C=C(C)/C=C/C2CC(O)(CCl)CC(CC(=O)OCC3(O)C(O)C(/C=C/C(C)=C/C[C@@H]4O[C@H](C)[C@H](NC(=O)/C=C\C(C)C)C[C@@H]4C)OC(C)(O)C3O)O2)O[C@@H]1C. The Morgan fingerprint density at radius 1 is 0.792 bits per heavy atom. The second-order valence-electron chi connectivity index (χ2n) is 21.5. The molecule has 0 bridgehead atoms. The lowest BCUT2D eigenvalue weighted by atomic mass is 9.80. The first-order valence-corrected chi connectivity index (χ1v) is 26.1. The fourth-order valence-corrected chi connectivity index (χ4v) is 10.1. The number of ether oxygens (including phenoxy) is 6. The molecule has 4 fully saturated rings. The van der Waals surface area contributed by atoms with Gasteiger partial charge in [-0.25, -0.2) is 0 Å². The maximum absolute atomic E-state index is 13.3. The van der Waals surface area contributed by atoms with Gasteiger partial charge in [-0.3, -0.25) is 19.2 Å². The number of amides is 1. The zero-order valence-corrected chi connectivity index (χ0v) is 45.0. The van der Waals surface area contributed by atoms with Crippen LogP contribution in [0.15, 0.2) is 71.9 Å². The summed E-state index contributed by atoms with van der Waals surface area (Å²) in [6.07, 6.45) is 12.5. The molecule has 4 rings (SSSR count). The maximum atomic E-state index is 13.3. The molecule has 0 saturated carbocycles. The highest BCUT2D eigenvalue weighted by molar-refractivity contribution is 6.18. The second kappa shape index (κ2) is 27.3. The molecule has 4 aliphatic rings. The van der Waals surface area contributed by atoms with Crippen LogP contribution in [0.25, 0.3) is 0 Å². The van der Waals surface area contributed by atoms with Crippen molar-refractivity contribution in [3.05, 3.63) is 71.9 Å². The topological polar surface area (TPSA) is 237 Å². The Labute approximate surface area is 431 Å². The lowest BCUT2D eigenvalue weighted by molar-refractivity contribution is -0.362. The van der Waals surface area contributed by atoms with Crippen LogP contribution in [0.4, 0.5) is 0 Å². The summed E-state index contributed by atoms with van der Waals surface area (Å²) in [5.41, 5.74) is -2.22. The highest BCUT2D eigenvalue weighted by Crippen LogP contribution is 2.38. The number of nitrogens with one attached hydrogen (secondary N) is 1. The Morgan fingerprint density at radius 3 is 2.01 bits per heavy atom. The number of alkyl halides is 1. The number of allylic oxidation sites excluding steroid dienone is 6. The van der Waals surface area contributed by atoms with E-state index in [1.165, 1.54) is 19.1 Å². The molecule has 17 heteroatoms. The Kier molecular flexibility index (Phi) is 23.1. The molecular formula is C55H84ClNO15. The van der Waals surface area contributed by atoms with Crippen LogP contribution in [0.1, 0.15) is 128 Å². The number of ketones is 1. The summed E-state index contributed by atoms with van der Waals surface area (Å²) < 4.78 is 35.0. The number of esters is 2. The third-order valence-corrected chi connectivity index (χ3v) is 14.7. The van der Waals surface area contributed by atoms with Gasteiger partial charge in [0.25, 0.3) is 0 Å². The number of carbonyl (C=O) groups is 4. The van der Waals surface area contributed by atoms with Crippen molar-refractivity contribution in [1.82, 2.24) is 5.32 Å². The van der Waals surface area contributed by atoms with Crippen LogP contribution in [-0.2, 0) is 47.6 Å². The number of halogens is 1. The molecule has 0 aromatic carbocycles. The van der Waals surface area contributed by atoms with Gasteiger partial charge in [-0.05, 0) is 109 Å². The Morgan fingerprint density at radius 2 is 1.40 bits per heavy atom. The van der Waals surface area contributed by atoms with Gasteiger partial charge in [0.15, 0.2) is 17.2 Å². The van der Waals surface area contributed by atoms with Gasteiger partial charge in [0, 0.05) is 26.2 Å². The standard InChI is InChI=1S/C55H84ClNO15/c1-32(2)12-23-49(60)57-45-25-36(6)47(70-39(45)9)21-15-34(4)16-22-48-51(62)55(66,52(63)53(11,64)72-48)31-67-50(61)27-44-29-54(65,30-56)28-43(71-44)19-13-33(3)14-20-46-35(5)24-41(38(8)69-46)26-42(59)18-17-37(7)68-40(10)58/h12-19,22-23,32,35-39,41,43-48,51-52,62-66H,20-21,24-31H2,1-11H3,(H,57,60)/b18-17-,19-13+,22-16+,23-12-,33-14+,34-15+/t35-,36-,37-,38+,39+,41-,43?,44?,45+,46-,47-,48?,51?,52?,53?,54?,55?/m0/s1. The maximum Gasteiger partial charge on any atom is 0.308 e. The van der Waals surface area contributed by atoms with Crippen LogP contribution < -0.4 is 5.32 Å². The van der Waals surface area contributed by atoms with Crippen LogP contribution in [0.3, 0.4) is 0 Å². The molecule has 0 aliphatic carbocycles. The monoisotopic (exact) mass is 1030 g/mol. The third-order valence-electron chi connectivity index (χ3n) is 14.2. The number of hydrogen-bond donors (Lipinski definition) is 6. The molecule has 17 atom stereocenters. The van der Waals surface area contributed by atoms with E-state index in [4.69, 9.17) is 40.0 Å². The van der Waals surface area contributed by atoms with E-state index in [1.54, 1.807) is 31.2 Å². The highest BCUT2D eigenvalue weighted by atomic mass is 35.5. The summed E-state index contributed by atoms with van der Waals surface area (Å²) in [4.78, 5) is 49.6. The van der Waals surface area contributed by atoms with Gasteiger partial charge < -0.3 is 59.3 Å². The molecule has 0 aromatic heterocycles. The van der Waals surface area contributed by atoms with E-state index in [9.17, 15) is 44.7 Å². The van der Waals surface area contributed by atoms with Crippen LogP contribution in [0.2, 0.25) is 0 Å². The minimum atomic E-state index is -2.55. The molecule has 4 saturated heterocycles. The van der Waals surface area contributed by atoms with Gasteiger partial charge in [-0.2, -0.15) is 0 Å². The van der Waals surface area contributed by atoms with Gasteiger partial charge in [0.05, 0.1) is 60.6 Å². The molecule has 4 heterocycles. The van der Waals surface area contributed by atoms with E-state index in [1.807, 2.05) is 59.8 Å². The van der Waals surface area contributed by atoms with Crippen LogP contribution >= 0.6 is 11.6 Å². The Balaban J connectivity index is 1.30.